The summed E-state index contributed by atoms with van der Waals surface area (Å²) in [5.41, 5.74) is 7.82. The molecule has 3 N–H and O–H groups in total. The van der Waals surface area contributed by atoms with Gasteiger partial charge in [-0.2, -0.15) is 0 Å². The number of nitrogen functional groups attached to an aromatic ring is 1. The van der Waals surface area contributed by atoms with Crippen LogP contribution in [-0.4, -0.2) is 26.2 Å². The van der Waals surface area contributed by atoms with E-state index in [4.69, 9.17) is 10.8 Å². The van der Waals surface area contributed by atoms with Crippen LogP contribution in [0.3, 0.4) is 0 Å². The largest absolute Gasteiger partial charge is 0.396 e. The highest BCUT2D eigenvalue weighted by Gasteiger charge is 2.29. The number of aliphatic hydroxyl groups excluding tert-OH is 1. The van der Waals surface area contributed by atoms with Gasteiger partial charge in [-0.15, -0.1) is 0 Å². The minimum atomic E-state index is 0.212. The molecule has 2 aromatic rings. The van der Waals surface area contributed by atoms with Crippen LogP contribution < -0.4 is 5.73 Å². The van der Waals surface area contributed by atoms with Crippen molar-refractivity contribution in [3.05, 3.63) is 22.6 Å². The van der Waals surface area contributed by atoms with Crippen LogP contribution in [0.15, 0.2) is 22.6 Å². The fraction of sp³-hybridized carbons (Fsp3) is 0.273. The van der Waals surface area contributed by atoms with Crippen molar-refractivity contribution < 1.29 is 5.11 Å². The van der Waals surface area contributed by atoms with E-state index in [9.17, 15) is 0 Å². The van der Waals surface area contributed by atoms with E-state index in [1.165, 1.54) is 11.9 Å². The van der Waals surface area contributed by atoms with Gasteiger partial charge in [0.05, 0.1) is 5.39 Å². The maximum absolute atomic E-state index is 9.01. The second kappa shape index (κ2) is 3.82. The van der Waals surface area contributed by atoms with Crippen LogP contribution in [-0.2, 0) is 0 Å². The molecule has 2 aromatic heterocycles. The lowest BCUT2D eigenvalue weighted by Crippen LogP contribution is -1.94. The molecule has 0 bridgehead atoms. The van der Waals surface area contributed by atoms with E-state index >= 15 is 0 Å². The Bertz CT molecular complexity index is 619. The summed E-state index contributed by atoms with van der Waals surface area (Å²) >= 11 is 3.45. The number of hydrogen-bond donors (Lipinski definition) is 2. The first-order valence-corrected chi connectivity index (χ1v) is 6.08. The zero-order valence-electron chi connectivity index (χ0n) is 8.97. The van der Waals surface area contributed by atoms with E-state index in [1.54, 1.807) is 0 Å². The molecule has 6 heteroatoms. The number of nitrogens with zero attached hydrogens (tertiary/aromatic N) is 3. The lowest BCUT2D eigenvalue weighted by Gasteiger charge is -1.97. The topological polar surface area (TPSA) is 77.0 Å². The van der Waals surface area contributed by atoms with Gasteiger partial charge in [0.25, 0.3) is 0 Å². The standard InChI is InChI=1S/C11H11BrN4O/c12-8-3-16(2-6-1-7(6)4-17)11-9(8)10(13)14-5-15-11/h2-3,5,7,17H,1,4H2,(H2,13,14,15)/b6-2-. The normalized spacial score (nSPS) is 21.3. The smallest absolute Gasteiger partial charge is 0.150 e. The van der Waals surface area contributed by atoms with Crippen molar-refractivity contribution in [1.29, 1.82) is 0 Å². The van der Waals surface area contributed by atoms with Crippen LogP contribution >= 0.6 is 15.9 Å². The van der Waals surface area contributed by atoms with E-state index in [2.05, 4.69) is 25.9 Å². The molecule has 1 aliphatic rings. The van der Waals surface area contributed by atoms with Crippen molar-refractivity contribution >= 4 is 39.0 Å². The fourth-order valence-corrected chi connectivity index (χ4v) is 2.51. The Morgan fingerprint density at radius 1 is 1.59 bits per heavy atom. The molecule has 1 atom stereocenters. The second-order valence-corrected chi connectivity index (χ2v) is 4.98. The van der Waals surface area contributed by atoms with E-state index < -0.39 is 0 Å². The van der Waals surface area contributed by atoms with E-state index in [0.29, 0.717) is 11.7 Å². The average Bonchev–Trinajstić information content (AvgIpc) is 2.98. The molecule has 2 heterocycles. The Labute approximate surface area is 106 Å². The molecule has 17 heavy (non-hydrogen) atoms. The number of aliphatic hydroxyl groups is 1. The van der Waals surface area contributed by atoms with Crippen molar-refractivity contribution in [2.24, 2.45) is 5.92 Å². The molecule has 5 nitrogen and oxygen atoms in total. The average molecular weight is 295 g/mol. The van der Waals surface area contributed by atoms with E-state index in [-0.39, 0.29) is 6.61 Å². The van der Waals surface area contributed by atoms with E-state index in [1.807, 2.05) is 17.0 Å². The molecular formula is C11H11BrN4O. The maximum Gasteiger partial charge on any atom is 0.150 e. The van der Waals surface area contributed by atoms with Crippen molar-refractivity contribution in [2.45, 2.75) is 6.42 Å². The van der Waals surface area contributed by atoms with Gasteiger partial charge in [-0.3, -0.25) is 0 Å². The number of nitrogens with two attached hydrogens (primary N) is 1. The first-order valence-electron chi connectivity index (χ1n) is 5.28. The van der Waals surface area contributed by atoms with E-state index in [0.717, 1.165) is 21.9 Å². The number of hydrogen-bond acceptors (Lipinski definition) is 4. The maximum atomic E-state index is 9.01. The highest BCUT2D eigenvalue weighted by Crippen LogP contribution is 2.38. The summed E-state index contributed by atoms with van der Waals surface area (Å²) in [7, 11) is 0. The number of rotatable bonds is 2. The first-order chi connectivity index (χ1) is 8.20. The second-order valence-electron chi connectivity index (χ2n) is 4.13. The summed E-state index contributed by atoms with van der Waals surface area (Å²) in [5, 5.41) is 9.84. The van der Waals surface area contributed by atoms with Gasteiger partial charge in [-0.1, -0.05) is 0 Å². The third-order valence-corrected chi connectivity index (χ3v) is 3.57. The van der Waals surface area contributed by atoms with Gasteiger partial charge in [0.15, 0.2) is 5.65 Å². The Morgan fingerprint density at radius 3 is 3.12 bits per heavy atom. The zero-order valence-corrected chi connectivity index (χ0v) is 10.6. The van der Waals surface area contributed by atoms with Gasteiger partial charge in [-0.25, -0.2) is 9.97 Å². The van der Waals surface area contributed by atoms with Crippen LogP contribution in [0.5, 0.6) is 0 Å². The fourth-order valence-electron chi connectivity index (χ4n) is 1.90. The molecule has 1 fully saturated rings. The molecule has 0 saturated heterocycles. The van der Waals surface area contributed by atoms with Gasteiger partial charge in [-0.05, 0) is 27.9 Å². The Balaban J connectivity index is 2.13. The van der Waals surface area contributed by atoms with Crippen LogP contribution in [0.2, 0.25) is 0 Å². The first kappa shape index (κ1) is 10.7. The summed E-state index contributed by atoms with van der Waals surface area (Å²) in [5.74, 6) is 0.777. The number of halogens is 1. The highest BCUT2D eigenvalue weighted by atomic mass is 79.9. The lowest BCUT2D eigenvalue weighted by atomic mass is 10.4. The van der Waals surface area contributed by atoms with Gasteiger partial charge in [0.2, 0.25) is 0 Å². The van der Waals surface area contributed by atoms with Crippen LogP contribution in [0.1, 0.15) is 6.42 Å². The van der Waals surface area contributed by atoms with Crippen LogP contribution in [0.4, 0.5) is 5.82 Å². The van der Waals surface area contributed by atoms with Crippen LogP contribution in [0.25, 0.3) is 17.2 Å². The number of fused-ring (bicyclic) bond motifs is 1. The van der Waals surface area contributed by atoms with Gasteiger partial charge in [0.1, 0.15) is 12.1 Å². The third-order valence-electron chi connectivity index (χ3n) is 2.96. The zero-order chi connectivity index (χ0) is 12.0. The monoisotopic (exact) mass is 294 g/mol. The highest BCUT2D eigenvalue weighted by molar-refractivity contribution is 9.10. The van der Waals surface area contributed by atoms with Crippen LogP contribution in [0, 0.1) is 5.92 Å². The Morgan fingerprint density at radius 2 is 2.41 bits per heavy atom. The Hall–Kier alpha value is -1.40. The minimum absolute atomic E-state index is 0.212. The van der Waals surface area contributed by atoms with Gasteiger partial charge in [0, 0.05) is 29.4 Å². The molecule has 0 radical (unpaired) electrons. The van der Waals surface area contributed by atoms with Crippen molar-refractivity contribution in [3.63, 3.8) is 0 Å². The van der Waals surface area contributed by atoms with Crippen molar-refractivity contribution in [3.8, 4) is 0 Å². The van der Waals surface area contributed by atoms with Gasteiger partial charge < -0.3 is 15.4 Å². The molecule has 88 valence electrons. The molecular weight excluding hydrogens is 284 g/mol. The van der Waals surface area contributed by atoms with Crippen molar-refractivity contribution in [1.82, 2.24) is 14.5 Å². The number of aromatic nitrogens is 3. The quantitative estimate of drug-likeness (QED) is 0.882. The molecule has 0 spiro atoms. The summed E-state index contributed by atoms with van der Waals surface area (Å²) in [6.45, 7) is 0.212. The molecule has 1 saturated carbocycles. The minimum Gasteiger partial charge on any atom is -0.396 e. The molecule has 0 aromatic carbocycles. The summed E-state index contributed by atoms with van der Waals surface area (Å²) < 4.78 is 2.80. The molecule has 0 aliphatic heterocycles. The molecule has 0 amide bonds. The molecule has 1 aliphatic carbocycles. The molecule has 1 unspecified atom stereocenters. The van der Waals surface area contributed by atoms with Gasteiger partial charge >= 0.3 is 0 Å². The summed E-state index contributed by atoms with van der Waals surface area (Å²) in [4.78, 5) is 8.20. The molecule has 3 rings (SSSR count). The lowest BCUT2D eigenvalue weighted by molar-refractivity contribution is 0.281. The predicted octanol–water partition coefficient (Wildman–Crippen LogP) is 1.63. The number of anilines is 1. The third kappa shape index (κ3) is 1.73. The SMILES string of the molecule is Nc1ncnc2c1c(Br)cn2/C=C1/CC1CO. The van der Waals surface area contributed by atoms with Crippen molar-refractivity contribution in [2.75, 3.05) is 12.3 Å². The Kier molecular flexibility index (Phi) is 2.41. The predicted molar refractivity (Wildman–Crippen MR) is 69.1 cm³/mol. The summed E-state index contributed by atoms with van der Waals surface area (Å²) in [6.07, 6.45) is 6.32. The summed E-state index contributed by atoms with van der Waals surface area (Å²) in [6, 6.07) is 0.